The van der Waals surface area contributed by atoms with Gasteiger partial charge in [0.25, 0.3) is 0 Å². The van der Waals surface area contributed by atoms with Gasteiger partial charge in [0.15, 0.2) is 0 Å². The van der Waals surface area contributed by atoms with Crippen molar-refractivity contribution in [2.75, 3.05) is 0 Å². The second-order valence-electron chi connectivity index (χ2n) is 4.62. The molecular formula is C9H15NO. The molecule has 2 rings (SSSR count). The van der Waals surface area contributed by atoms with Gasteiger partial charge in [0.05, 0.1) is 5.41 Å². The predicted octanol–water partition coefficient (Wildman–Crippen LogP) is 1.31. The van der Waals surface area contributed by atoms with Crippen LogP contribution < -0.4 is 5.32 Å². The Kier molecular flexibility index (Phi) is 1.05. The van der Waals surface area contributed by atoms with Gasteiger partial charge in [-0.05, 0) is 18.3 Å². The van der Waals surface area contributed by atoms with Crippen molar-refractivity contribution < 1.29 is 4.79 Å². The van der Waals surface area contributed by atoms with Crippen LogP contribution in [-0.4, -0.2) is 11.9 Å². The second-order valence-corrected chi connectivity index (χ2v) is 4.62. The molecule has 0 aromatic rings. The Hall–Kier alpha value is -0.530. The number of piperidine rings is 1. The highest BCUT2D eigenvalue weighted by molar-refractivity contribution is 5.87. The highest BCUT2D eigenvalue weighted by Gasteiger charge is 2.61. The molecule has 1 amide bonds. The average molecular weight is 153 g/mol. The lowest BCUT2D eigenvalue weighted by Crippen LogP contribution is -2.35. The van der Waals surface area contributed by atoms with Crippen molar-refractivity contribution in [3.63, 3.8) is 0 Å². The first kappa shape index (κ1) is 7.14. The number of carbonyl (C=O) groups is 1. The standard InChI is InChI=1S/C9H15NO/c1-8(2)6-4-5-9(8,3)7(11)10-6/h6H,4-5H2,1-3H3,(H,10,11). The molecular weight excluding hydrogens is 138 g/mol. The lowest BCUT2D eigenvalue weighted by molar-refractivity contribution is -0.130. The minimum absolute atomic E-state index is 0.0856. The number of hydrogen-bond donors (Lipinski definition) is 1. The molecule has 0 radical (unpaired) electrons. The Morgan fingerprint density at radius 2 is 2.09 bits per heavy atom. The van der Waals surface area contributed by atoms with Crippen molar-refractivity contribution in [1.82, 2.24) is 5.32 Å². The van der Waals surface area contributed by atoms with Gasteiger partial charge in [0.1, 0.15) is 0 Å². The summed E-state index contributed by atoms with van der Waals surface area (Å²) < 4.78 is 0. The fourth-order valence-electron chi connectivity index (χ4n) is 2.48. The molecule has 2 heteroatoms. The van der Waals surface area contributed by atoms with E-state index < -0.39 is 0 Å². The van der Waals surface area contributed by atoms with E-state index in [4.69, 9.17) is 0 Å². The molecule has 2 nitrogen and oxygen atoms in total. The van der Waals surface area contributed by atoms with Crippen LogP contribution in [0.15, 0.2) is 0 Å². The molecule has 0 spiro atoms. The van der Waals surface area contributed by atoms with Crippen LogP contribution in [0.2, 0.25) is 0 Å². The third kappa shape index (κ3) is 0.569. The largest absolute Gasteiger partial charge is 0.352 e. The minimum Gasteiger partial charge on any atom is -0.352 e. The summed E-state index contributed by atoms with van der Waals surface area (Å²) in [7, 11) is 0. The first-order valence-corrected chi connectivity index (χ1v) is 4.29. The molecule has 1 saturated heterocycles. The molecule has 1 aliphatic carbocycles. The van der Waals surface area contributed by atoms with Gasteiger partial charge in [-0.25, -0.2) is 0 Å². The molecule has 1 aliphatic heterocycles. The normalized spacial score (nSPS) is 46.1. The number of nitrogens with one attached hydrogen (secondary N) is 1. The summed E-state index contributed by atoms with van der Waals surface area (Å²) in [6.07, 6.45) is 2.23. The first-order chi connectivity index (χ1) is 4.98. The molecule has 2 atom stereocenters. The van der Waals surface area contributed by atoms with Crippen LogP contribution in [0.1, 0.15) is 33.6 Å². The smallest absolute Gasteiger partial charge is 0.226 e. The fraction of sp³-hybridized carbons (Fsp3) is 0.889. The van der Waals surface area contributed by atoms with Crippen LogP contribution in [0.25, 0.3) is 0 Å². The van der Waals surface area contributed by atoms with Crippen LogP contribution in [0, 0.1) is 10.8 Å². The van der Waals surface area contributed by atoms with Gasteiger partial charge in [0, 0.05) is 6.04 Å². The van der Waals surface area contributed by atoms with Gasteiger partial charge in [-0.2, -0.15) is 0 Å². The van der Waals surface area contributed by atoms with E-state index in [0.717, 1.165) is 12.8 Å². The van der Waals surface area contributed by atoms with Crippen LogP contribution >= 0.6 is 0 Å². The van der Waals surface area contributed by atoms with Crippen molar-refractivity contribution >= 4 is 5.91 Å². The van der Waals surface area contributed by atoms with E-state index in [1.165, 1.54) is 0 Å². The second kappa shape index (κ2) is 1.62. The van der Waals surface area contributed by atoms with Gasteiger partial charge in [-0.15, -0.1) is 0 Å². The summed E-state index contributed by atoms with van der Waals surface area (Å²) in [5.74, 6) is 0.263. The summed E-state index contributed by atoms with van der Waals surface area (Å²) in [6.45, 7) is 6.49. The summed E-state index contributed by atoms with van der Waals surface area (Å²) in [5, 5.41) is 3.05. The molecule has 1 saturated carbocycles. The Morgan fingerprint density at radius 3 is 2.27 bits per heavy atom. The molecule has 2 bridgehead atoms. The van der Waals surface area contributed by atoms with E-state index in [1.54, 1.807) is 0 Å². The molecule has 0 aromatic heterocycles. The molecule has 2 fully saturated rings. The SMILES string of the molecule is CC12CCC(NC1=O)C2(C)C. The van der Waals surface area contributed by atoms with Crippen molar-refractivity contribution in [2.24, 2.45) is 10.8 Å². The average Bonchev–Trinajstić information content (AvgIpc) is 2.20. The Bertz CT molecular complexity index is 222. The lowest BCUT2D eigenvalue weighted by atomic mass is 9.70. The van der Waals surface area contributed by atoms with Gasteiger partial charge in [-0.1, -0.05) is 20.8 Å². The number of hydrogen-bond acceptors (Lipinski definition) is 1. The van der Waals surface area contributed by atoms with Crippen LogP contribution in [0.4, 0.5) is 0 Å². The van der Waals surface area contributed by atoms with E-state index in [-0.39, 0.29) is 16.7 Å². The van der Waals surface area contributed by atoms with Gasteiger partial charge >= 0.3 is 0 Å². The number of amides is 1. The number of rotatable bonds is 0. The highest BCUT2D eigenvalue weighted by atomic mass is 16.2. The third-order valence-electron chi connectivity index (χ3n) is 4.03. The molecule has 2 aliphatic rings. The first-order valence-electron chi connectivity index (χ1n) is 4.29. The van der Waals surface area contributed by atoms with Crippen molar-refractivity contribution in [1.29, 1.82) is 0 Å². The van der Waals surface area contributed by atoms with Crippen molar-refractivity contribution in [3.8, 4) is 0 Å². The molecule has 1 N–H and O–H groups in total. The van der Waals surface area contributed by atoms with E-state index in [2.05, 4.69) is 26.1 Å². The fourth-order valence-corrected chi connectivity index (χ4v) is 2.48. The maximum absolute atomic E-state index is 11.5. The quantitative estimate of drug-likeness (QED) is 0.558. The van der Waals surface area contributed by atoms with E-state index in [9.17, 15) is 4.79 Å². The summed E-state index contributed by atoms with van der Waals surface area (Å²) >= 11 is 0. The predicted molar refractivity (Wildman–Crippen MR) is 43.1 cm³/mol. The van der Waals surface area contributed by atoms with Crippen LogP contribution in [-0.2, 0) is 4.79 Å². The minimum atomic E-state index is -0.0856. The van der Waals surface area contributed by atoms with E-state index >= 15 is 0 Å². The van der Waals surface area contributed by atoms with E-state index in [1.807, 2.05) is 0 Å². The monoisotopic (exact) mass is 153 g/mol. The summed E-state index contributed by atoms with van der Waals surface area (Å²) in [6, 6.07) is 0.431. The van der Waals surface area contributed by atoms with E-state index in [0.29, 0.717) is 6.04 Å². The number of fused-ring (bicyclic) bond motifs is 2. The van der Waals surface area contributed by atoms with Gasteiger partial charge < -0.3 is 5.32 Å². The Morgan fingerprint density at radius 1 is 1.45 bits per heavy atom. The zero-order chi connectivity index (χ0) is 8.28. The van der Waals surface area contributed by atoms with Crippen molar-refractivity contribution in [2.45, 2.75) is 39.7 Å². The summed E-state index contributed by atoms with van der Waals surface area (Å²) in [5.41, 5.74) is 0.0851. The molecule has 11 heavy (non-hydrogen) atoms. The highest BCUT2D eigenvalue weighted by Crippen LogP contribution is 2.56. The maximum atomic E-state index is 11.5. The molecule has 0 aromatic carbocycles. The third-order valence-corrected chi connectivity index (χ3v) is 4.03. The maximum Gasteiger partial charge on any atom is 0.226 e. The van der Waals surface area contributed by atoms with Crippen molar-refractivity contribution in [3.05, 3.63) is 0 Å². The summed E-state index contributed by atoms with van der Waals surface area (Å²) in [4.78, 5) is 11.5. The Balaban J connectivity index is 2.47. The van der Waals surface area contributed by atoms with Crippen LogP contribution in [0.5, 0.6) is 0 Å². The lowest BCUT2D eigenvalue weighted by Gasteiger charge is -2.30. The molecule has 62 valence electrons. The van der Waals surface area contributed by atoms with Gasteiger partial charge in [-0.3, -0.25) is 4.79 Å². The Labute approximate surface area is 67.4 Å². The number of carbonyl (C=O) groups excluding carboxylic acids is 1. The van der Waals surface area contributed by atoms with Gasteiger partial charge in [0.2, 0.25) is 5.91 Å². The topological polar surface area (TPSA) is 29.1 Å². The molecule has 2 unspecified atom stereocenters. The zero-order valence-electron chi connectivity index (χ0n) is 7.40. The molecule has 1 heterocycles. The zero-order valence-corrected chi connectivity index (χ0v) is 7.40. The van der Waals surface area contributed by atoms with Crippen LogP contribution in [0.3, 0.4) is 0 Å².